The summed E-state index contributed by atoms with van der Waals surface area (Å²) in [6, 6.07) is 12.1. The van der Waals surface area contributed by atoms with E-state index in [2.05, 4.69) is 15.9 Å². The lowest BCUT2D eigenvalue weighted by Gasteiger charge is -2.08. The Balaban J connectivity index is 2.07. The quantitative estimate of drug-likeness (QED) is 0.566. The van der Waals surface area contributed by atoms with E-state index in [1.54, 1.807) is 36.4 Å². The standard InChI is InChI=1S/C14H9BrCl2O2/c15-10-6-12(17)14(7-11(10)16)19-8-13(18)9-4-2-1-3-5-9/h1-7H,8H2. The fourth-order valence-corrected chi connectivity index (χ4v) is 2.31. The fraction of sp³-hybridized carbons (Fsp3) is 0.0714. The third-order valence-electron chi connectivity index (χ3n) is 2.43. The molecule has 2 nitrogen and oxygen atoms in total. The van der Waals surface area contributed by atoms with E-state index in [0.717, 1.165) is 0 Å². The van der Waals surface area contributed by atoms with Gasteiger partial charge in [-0.1, -0.05) is 53.5 Å². The van der Waals surface area contributed by atoms with E-state index < -0.39 is 0 Å². The Morgan fingerprint density at radius 3 is 2.47 bits per heavy atom. The maximum Gasteiger partial charge on any atom is 0.200 e. The van der Waals surface area contributed by atoms with Gasteiger partial charge in [0.2, 0.25) is 0 Å². The largest absolute Gasteiger partial charge is 0.484 e. The summed E-state index contributed by atoms with van der Waals surface area (Å²) in [6.45, 7) is -0.0817. The Morgan fingerprint density at radius 1 is 1.11 bits per heavy atom. The molecule has 2 rings (SSSR count). The van der Waals surface area contributed by atoms with Crippen molar-refractivity contribution in [2.75, 3.05) is 6.61 Å². The number of ether oxygens (including phenoxy) is 1. The van der Waals surface area contributed by atoms with Crippen LogP contribution < -0.4 is 4.74 Å². The molecule has 0 amide bonds. The Hall–Kier alpha value is -1.03. The van der Waals surface area contributed by atoms with Crippen LogP contribution in [0.3, 0.4) is 0 Å². The van der Waals surface area contributed by atoms with Crippen molar-refractivity contribution in [1.82, 2.24) is 0 Å². The molecule has 0 fully saturated rings. The molecule has 0 aliphatic heterocycles. The maximum atomic E-state index is 11.9. The molecule has 0 bridgehead atoms. The summed E-state index contributed by atoms with van der Waals surface area (Å²) in [5, 5.41) is 0.878. The molecule has 0 unspecified atom stereocenters. The molecule has 0 atom stereocenters. The first-order chi connectivity index (χ1) is 9.08. The molecule has 5 heteroatoms. The molecule has 2 aromatic carbocycles. The number of hydrogen-bond acceptors (Lipinski definition) is 2. The van der Waals surface area contributed by atoms with Crippen LogP contribution in [0, 0.1) is 0 Å². The Morgan fingerprint density at radius 2 is 1.79 bits per heavy atom. The lowest BCUT2D eigenvalue weighted by molar-refractivity contribution is 0.0921. The van der Waals surface area contributed by atoms with Crippen molar-refractivity contribution in [3.05, 3.63) is 62.5 Å². The number of Topliss-reactive ketones (excluding diaryl/α,β-unsaturated/α-hetero) is 1. The second-order valence-corrected chi connectivity index (χ2v) is 5.44. The molecular formula is C14H9BrCl2O2. The molecule has 0 spiro atoms. The van der Waals surface area contributed by atoms with Crippen LogP contribution in [0.25, 0.3) is 0 Å². The molecule has 0 aliphatic carbocycles. The van der Waals surface area contributed by atoms with Crippen molar-refractivity contribution in [2.24, 2.45) is 0 Å². The predicted molar refractivity (Wildman–Crippen MR) is 80.4 cm³/mol. The number of benzene rings is 2. The molecule has 0 N–H and O–H groups in total. The highest BCUT2D eigenvalue weighted by molar-refractivity contribution is 9.10. The third-order valence-corrected chi connectivity index (χ3v) is 3.92. The highest BCUT2D eigenvalue weighted by atomic mass is 79.9. The second-order valence-electron chi connectivity index (χ2n) is 3.77. The summed E-state index contributed by atoms with van der Waals surface area (Å²) < 4.78 is 6.08. The van der Waals surface area contributed by atoms with Gasteiger partial charge in [0, 0.05) is 16.1 Å². The van der Waals surface area contributed by atoms with Gasteiger partial charge < -0.3 is 4.74 Å². The first-order valence-corrected chi connectivity index (χ1v) is 6.98. The van der Waals surface area contributed by atoms with Gasteiger partial charge in [0.1, 0.15) is 5.75 Å². The van der Waals surface area contributed by atoms with Gasteiger partial charge in [-0.3, -0.25) is 4.79 Å². The van der Waals surface area contributed by atoms with Crippen LogP contribution >= 0.6 is 39.1 Å². The van der Waals surface area contributed by atoms with E-state index in [9.17, 15) is 4.79 Å². The summed E-state index contributed by atoms with van der Waals surface area (Å²) in [5.74, 6) is 0.273. The molecule has 19 heavy (non-hydrogen) atoms. The zero-order valence-electron chi connectivity index (χ0n) is 9.70. The molecule has 0 aromatic heterocycles. The van der Waals surface area contributed by atoms with Crippen molar-refractivity contribution in [1.29, 1.82) is 0 Å². The van der Waals surface area contributed by atoms with Crippen molar-refractivity contribution < 1.29 is 9.53 Å². The summed E-state index contributed by atoms with van der Waals surface area (Å²) in [7, 11) is 0. The lowest BCUT2D eigenvalue weighted by atomic mass is 10.1. The molecule has 0 saturated heterocycles. The number of hydrogen-bond donors (Lipinski definition) is 0. The molecule has 0 heterocycles. The smallest absolute Gasteiger partial charge is 0.200 e. The molecular weight excluding hydrogens is 351 g/mol. The van der Waals surface area contributed by atoms with Gasteiger partial charge >= 0.3 is 0 Å². The molecule has 2 aromatic rings. The lowest BCUT2D eigenvalue weighted by Crippen LogP contribution is -2.11. The number of rotatable bonds is 4. The van der Waals surface area contributed by atoms with Crippen LogP contribution in [0.5, 0.6) is 5.75 Å². The van der Waals surface area contributed by atoms with E-state index >= 15 is 0 Å². The Bertz CT molecular complexity index is 600. The Kier molecular flexibility index (Phi) is 4.86. The molecule has 98 valence electrons. The summed E-state index contributed by atoms with van der Waals surface area (Å²) in [6.07, 6.45) is 0. The zero-order chi connectivity index (χ0) is 13.8. The van der Waals surface area contributed by atoms with Gasteiger partial charge in [0.05, 0.1) is 10.0 Å². The van der Waals surface area contributed by atoms with Crippen molar-refractivity contribution in [3.63, 3.8) is 0 Å². The van der Waals surface area contributed by atoms with Gasteiger partial charge in [-0.15, -0.1) is 0 Å². The minimum Gasteiger partial charge on any atom is -0.484 e. The minimum atomic E-state index is -0.115. The summed E-state index contributed by atoms with van der Waals surface area (Å²) in [5.41, 5.74) is 0.599. The Labute approximate surface area is 129 Å². The highest BCUT2D eigenvalue weighted by Gasteiger charge is 2.10. The average molecular weight is 360 g/mol. The van der Waals surface area contributed by atoms with Gasteiger partial charge in [-0.2, -0.15) is 0 Å². The van der Waals surface area contributed by atoms with Crippen molar-refractivity contribution in [3.8, 4) is 5.75 Å². The fourth-order valence-electron chi connectivity index (χ4n) is 1.47. The van der Waals surface area contributed by atoms with Crippen molar-refractivity contribution >= 4 is 44.9 Å². The van der Waals surface area contributed by atoms with Crippen LogP contribution in [0.1, 0.15) is 10.4 Å². The number of ketones is 1. The average Bonchev–Trinajstić information content (AvgIpc) is 2.42. The minimum absolute atomic E-state index is 0.0817. The van der Waals surface area contributed by atoms with Gasteiger partial charge in [-0.05, 0) is 22.0 Å². The van der Waals surface area contributed by atoms with Crippen LogP contribution in [-0.2, 0) is 0 Å². The van der Waals surface area contributed by atoms with E-state index in [-0.39, 0.29) is 12.4 Å². The summed E-state index contributed by atoms with van der Waals surface area (Å²) in [4.78, 5) is 11.9. The first kappa shape index (κ1) is 14.4. The van der Waals surface area contributed by atoms with E-state index in [1.165, 1.54) is 0 Å². The first-order valence-electron chi connectivity index (χ1n) is 5.43. The van der Waals surface area contributed by atoms with Gasteiger partial charge in [0.15, 0.2) is 12.4 Å². The SMILES string of the molecule is O=C(COc1cc(Cl)c(Br)cc1Cl)c1ccccc1. The maximum absolute atomic E-state index is 11.9. The van der Waals surface area contributed by atoms with Gasteiger partial charge in [-0.25, -0.2) is 0 Å². The van der Waals surface area contributed by atoms with Crippen LogP contribution in [0.15, 0.2) is 46.9 Å². The monoisotopic (exact) mass is 358 g/mol. The van der Waals surface area contributed by atoms with Crippen LogP contribution in [-0.4, -0.2) is 12.4 Å². The van der Waals surface area contributed by atoms with Crippen molar-refractivity contribution in [2.45, 2.75) is 0 Å². The van der Waals surface area contributed by atoms with E-state index in [4.69, 9.17) is 27.9 Å². The number of halogens is 3. The third kappa shape index (κ3) is 3.72. The zero-order valence-corrected chi connectivity index (χ0v) is 12.8. The summed E-state index contributed by atoms with van der Waals surface area (Å²) >= 11 is 15.2. The molecule has 0 radical (unpaired) electrons. The van der Waals surface area contributed by atoms with E-state index in [0.29, 0.717) is 25.8 Å². The normalized spacial score (nSPS) is 10.3. The topological polar surface area (TPSA) is 26.3 Å². The van der Waals surface area contributed by atoms with Crippen LogP contribution in [0.2, 0.25) is 10.0 Å². The molecule has 0 saturated carbocycles. The van der Waals surface area contributed by atoms with E-state index in [1.807, 2.05) is 6.07 Å². The number of carbonyl (C=O) groups is 1. The predicted octanol–water partition coefficient (Wildman–Crippen LogP) is 5.02. The second kappa shape index (κ2) is 6.42. The van der Waals surface area contributed by atoms with Crippen LogP contribution in [0.4, 0.5) is 0 Å². The van der Waals surface area contributed by atoms with Gasteiger partial charge in [0.25, 0.3) is 0 Å². The number of carbonyl (C=O) groups excluding carboxylic acids is 1. The molecule has 0 aliphatic rings. The highest BCUT2D eigenvalue weighted by Crippen LogP contribution is 2.34.